The van der Waals surface area contributed by atoms with E-state index in [0.29, 0.717) is 19.0 Å². The third-order valence-corrected chi connectivity index (χ3v) is 1.81. The first-order chi connectivity index (χ1) is 7.97. The van der Waals surface area contributed by atoms with Gasteiger partial charge in [-0.15, -0.1) is 0 Å². The number of nitrogens with one attached hydrogen (secondary N) is 2. The Kier molecular flexibility index (Phi) is 4.93. The Morgan fingerprint density at radius 2 is 2.24 bits per heavy atom. The average molecular weight is 240 g/mol. The number of rotatable bonds is 3. The fourth-order valence-electron chi connectivity index (χ4n) is 1.17. The van der Waals surface area contributed by atoms with Gasteiger partial charge in [0.05, 0.1) is 0 Å². The first-order valence-electron chi connectivity index (χ1n) is 5.75. The van der Waals surface area contributed by atoms with E-state index in [4.69, 9.17) is 4.74 Å². The van der Waals surface area contributed by atoms with Crippen molar-refractivity contribution in [2.75, 3.05) is 19.6 Å². The van der Waals surface area contributed by atoms with Crippen LogP contribution in [0.4, 0.5) is 4.79 Å². The minimum Gasteiger partial charge on any atom is -0.444 e. The van der Waals surface area contributed by atoms with E-state index in [-0.39, 0.29) is 0 Å². The van der Waals surface area contributed by atoms with Gasteiger partial charge in [-0.2, -0.15) is 0 Å². The summed E-state index contributed by atoms with van der Waals surface area (Å²) in [5.41, 5.74) is -0.463. The van der Waals surface area contributed by atoms with E-state index in [1.165, 1.54) is 0 Å². The zero-order valence-electron chi connectivity index (χ0n) is 10.6. The molecule has 0 spiro atoms. The summed E-state index contributed by atoms with van der Waals surface area (Å²) in [5, 5.41) is 5.67. The Bertz CT molecular complexity index is 318. The highest BCUT2D eigenvalue weighted by Gasteiger charge is 2.15. The number of carbonyl (C=O) groups is 1. The molecule has 0 aromatic rings. The molecule has 17 heavy (non-hydrogen) atoms. The van der Waals surface area contributed by atoms with Crippen LogP contribution in [0.2, 0.25) is 0 Å². The van der Waals surface area contributed by atoms with E-state index in [2.05, 4.69) is 20.6 Å². The van der Waals surface area contributed by atoms with Crippen LogP contribution in [0.5, 0.6) is 0 Å². The van der Waals surface area contributed by atoms with E-state index in [1.807, 2.05) is 27.0 Å². The maximum atomic E-state index is 11.3. The Hall–Kier alpha value is -1.59. The van der Waals surface area contributed by atoms with Gasteiger partial charge in [-0.3, -0.25) is 4.99 Å². The van der Waals surface area contributed by atoms with Gasteiger partial charge in [0, 0.05) is 32.3 Å². The van der Waals surface area contributed by atoms with Gasteiger partial charge >= 0.3 is 6.09 Å². The predicted molar refractivity (Wildman–Crippen MR) is 67.7 cm³/mol. The van der Waals surface area contributed by atoms with Crippen molar-refractivity contribution in [3.63, 3.8) is 0 Å². The molecule has 1 amide bonds. The second-order valence-electron chi connectivity index (χ2n) is 4.66. The number of aliphatic imine (C=N–C) groups is 2. The van der Waals surface area contributed by atoms with Crippen molar-refractivity contribution in [1.29, 1.82) is 0 Å². The number of ether oxygens (including phenoxy) is 1. The lowest BCUT2D eigenvalue weighted by Crippen LogP contribution is -2.37. The minimum atomic E-state index is -0.463. The van der Waals surface area contributed by atoms with Gasteiger partial charge < -0.3 is 15.4 Å². The highest BCUT2D eigenvalue weighted by Crippen LogP contribution is 2.05. The largest absolute Gasteiger partial charge is 0.444 e. The first-order valence-corrected chi connectivity index (χ1v) is 5.75. The molecule has 2 N–H and O–H groups in total. The third kappa shape index (κ3) is 6.55. The zero-order valence-corrected chi connectivity index (χ0v) is 10.6. The fraction of sp³-hybridized carbons (Fsp3) is 0.727. The molecule has 6 heteroatoms. The SMILES string of the molecule is CC(C)(C)OC(=O)NCCNC1=NCCC=N1. The molecule has 0 saturated carbocycles. The molecule has 0 aromatic heterocycles. The second kappa shape index (κ2) is 6.22. The van der Waals surface area contributed by atoms with E-state index in [9.17, 15) is 4.79 Å². The molecular formula is C11H20N4O2. The fourth-order valence-corrected chi connectivity index (χ4v) is 1.17. The molecule has 0 aliphatic carbocycles. The summed E-state index contributed by atoms with van der Waals surface area (Å²) in [6.45, 7) is 7.31. The number of carbonyl (C=O) groups excluding carboxylic acids is 1. The monoisotopic (exact) mass is 240 g/mol. The number of guanidine groups is 1. The van der Waals surface area contributed by atoms with Crippen LogP contribution in [0, 0.1) is 0 Å². The van der Waals surface area contributed by atoms with Crippen LogP contribution < -0.4 is 10.6 Å². The standard InChI is InChI=1S/C11H20N4O2/c1-11(2,3)17-10(16)15-8-7-14-9-12-5-4-6-13-9/h5H,4,6-8H2,1-3H3,(H,13,14)(H,15,16). The van der Waals surface area contributed by atoms with Crippen LogP contribution in [0.1, 0.15) is 27.2 Å². The lowest BCUT2D eigenvalue weighted by atomic mass is 10.2. The maximum Gasteiger partial charge on any atom is 0.407 e. The summed E-state index contributed by atoms with van der Waals surface area (Å²) < 4.78 is 5.09. The lowest BCUT2D eigenvalue weighted by Gasteiger charge is -2.19. The average Bonchev–Trinajstić information content (AvgIpc) is 2.23. The first kappa shape index (κ1) is 13.5. The molecule has 1 aliphatic heterocycles. The molecule has 0 bridgehead atoms. The van der Waals surface area contributed by atoms with Gasteiger partial charge in [0.1, 0.15) is 5.60 Å². The van der Waals surface area contributed by atoms with Gasteiger partial charge in [0.25, 0.3) is 0 Å². The van der Waals surface area contributed by atoms with Gasteiger partial charge in [-0.1, -0.05) is 0 Å². The van der Waals surface area contributed by atoms with E-state index < -0.39 is 11.7 Å². The van der Waals surface area contributed by atoms with E-state index in [1.54, 1.807) is 0 Å². The van der Waals surface area contributed by atoms with Crippen LogP contribution in [-0.4, -0.2) is 43.5 Å². The quantitative estimate of drug-likeness (QED) is 0.721. The molecule has 0 fully saturated rings. The smallest absolute Gasteiger partial charge is 0.407 e. The van der Waals surface area contributed by atoms with Crippen molar-refractivity contribution in [2.45, 2.75) is 32.8 Å². The van der Waals surface area contributed by atoms with Crippen LogP contribution in [-0.2, 0) is 4.74 Å². The molecule has 0 unspecified atom stereocenters. The normalized spacial score (nSPS) is 15.1. The Morgan fingerprint density at radius 1 is 1.47 bits per heavy atom. The molecule has 1 aliphatic rings. The molecule has 0 radical (unpaired) electrons. The Labute approximate surface area is 102 Å². The number of hydrogen-bond donors (Lipinski definition) is 2. The van der Waals surface area contributed by atoms with Gasteiger partial charge in [0.15, 0.2) is 0 Å². The number of hydrogen-bond acceptors (Lipinski definition) is 5. The predicted octanol–water partition coefficient (Wildman–Crippen LogP) is 0.931. The molecule has 0 saturated heterocycles. The summed E-state index contributed by atoms with van der Waals surface area (Å²) >= 11 is 0. The van der Waals surface area contributed by atoms with Crippen LogP contribution in [0.25, 0.3) is 0 Å². The molecule has 6 nitrogen and oxygen atoms in total. The van der Waals surface area contributed by atoms with Crippen molar-refractivity contribution in [3.8, 4) is 0 Å². The lowest BCUT2D eigenvalue weighted by molar-refractivity contribution is 0.0529. The van der Waals surface area contributed by atoms with Gasteiger partial charge in [0.2, 0.25) is 5.96 Å². The number of alkyl carbamates (subject to hydrolysis) is 1. The van der Waals surface area contributed by atoms with Gasteiger partial charge in [-0.05, 0) is 20.8 Å². The van der Waals surface area contributed by atoms with E-state index >= 15 is 0 Å². The Balaban J connectivity index is 2.10. The number of nitrogens with zero attached hydrogens (tertiary/aromatic N) is 2. The van der Waals surface area contributed by atoms with Crippen molar-refractivity contribution in [3.05, 3.63) is 0 Å². The summed E-state index contributed by atoms with van der Waals surface area (Å²) in [7, 11) is 0. The van der Waals surface area contributed by atoms with Crippen molar-refractivity contribution >= 4 is 18.3 Å². The second-order valence-corrected chi connectivity index (χ2v) is 4.66. The Morgan fingerprint density at radius 3 is 2.82 bits per heavy atom. The van der Waals surface area contributed by atoms with Crippen LogP contribution in [0.15, 0.2) is 9.98 Å². The van der Waals surface area contributed by atoms with Crippen LogP contribution >= 0.6 is 0 Å². The van der Waals surface area contributed by atoms with Crippen molar-refractivity contribution < 1.29 is 9.53 Å². The number of amides is 1. The molecule has 1 heterocycles. The molecule has 1 rings (SSSR count). The topological polar surface area (TPSA) is 75.1 Å². The summed E-state index contributed by atoms with van der Waals surface area (Å²) in [6.07, 6.45) is 2.31. The molecule has 0 aromatic carbocycles. The summed E-state index contributed by atoms with van der Waals surface area (Å²) in [4.78, 5) is 19.5. The van der Waals surface area contributed by atoms with E-state index in [0.717, 1.165) is 13.0 Å². The van der Waals surface area contributed by atoms with Gasteiger partial charge in [-0.25, -0.2) is 9.79 Å². The highest BCUT2D eigenvalue weighted by molar-refractivity contribution is 5.89. The third-order valence-electron chi connectivity index (χ3n) is 1.81. The van der Waals surface area contributed by atoms with Crippen molar-refractivity contribution in [1.82, 2.24) is 10.6 Å². The molecular weight excluding hydrogens is 220 g/mol. The minimum absolute atomic E-state index is 0.409. The van der Waals surface area contributed by atoms with Crippen LogP contribution in [0.3, 0.4) is 0 Å². The maximum absolute atomic E-state index is 11.3. The molecule has 0 atom stereocenters. The molecule has 96 valence electrons. The zero-order chi connectivity index (χ0) is 12.7. The van der Waals surface area contributed by atoms with Crippen molar-refractivity contribution in [2.24, 2.45) is 9.98 Å². The highest BCUT2D eigenvalue weighted by atomic mass is 16.6. The summed E-state index contributed by atoms with van der Waals surface area (Å²) in [5.74, 6) is 0.627. The summed E-state index contributed by atoms with van der Waals surface area (Å²) in [6, 6.07) is 0.